The summed E-state index contributed by atoms with van der Waals surface area (Å²) in [5.74, 6) is 0. The summed E-state index contributed by atoms with van der Waals surface area (Å²) in [6.45, 7) is 1.78. The van der Waals surface area contributed by atoms with Gasteiger partial charge in [-0.2, -0.15) is 0 Å². The smallest absolute Gasteiger partial charge is 0.0232 e. The molecule has 1 N–H and O–H groups in total. The molecule has 0 radical (unpaired) electrons. The summed E-state index contributed by atoms with van der Waals surface area (Å²) >= 11 is 3.81. The third-order valence-electron chi connectivity index (χ3n) is 4.98. The van der Waals surface area contributed by atoms with Gasteiger partial charge in [-0.3, -0.25) is 0 Å². The second-order valence-electron chi connectivity index (χ2n) is 6.36. The Hall–Kier alpha value is -2.16. The van der Waals surface area contributed by atoms with Gasteiger partial charge in [-0.05, 0) is 49.9 Å². The van der Waals surface area contributed by atoms with Gasteiger partial charge in [-0.25, -0.2) is 0 Å². The van der Waals surface area contributed by atoms with Crippen molar-refractivity contribution in [3.05, 3.63) is 82.3 Å². The normalized spacial score (nSPS) is 13.5. The molecule has 24 heavy (non-hydrogen) atoms. The fourth-order valence-electron chi connectivity index (χ4n) is 3.90. The number of rotatable bonds is 0. The highest BCUT2D eigenvalue weighted by molar-refractivity contribution is 9.10. The van der Waals surface area contributed by atoms with Crippen LogP contribution < -0.4 is 5.32 Å². The number of hydrogen-bond donors (Lipinski definition) is 1. The summed E-state index contributed by atoms with van der Waals surface area (Å²) in [6.07, 6.45) is 0. The first-order chi connectivity index (χ1) is 11.8. The predicted molar refractivity (Wildman–Crippen MR) is 105 cm³/mol. The van der Waals surface area contributed by atoms with Gasteiger partial charge >= 0.3 is 0 Å². The fourth-order valence-corrected chi connectivity index (χ4v) is 4.48. The molecule has 116 valence electrons. The van der Waals surface area contributed by atoms with E-state index in [1.165, 1.54) is 48.3 Å². The second-order valence-corrected chi connectivity index (χ2v) is 7.21. The van der Waals surface area contributed by atoms with Crippen LogP contribution >= 0.6 is 15.9 Å². The monoisotopic (exact) mass is 373 g/mol. The Morgan fingerprint density at radius 2 is 1.42 bits per heavy atom. The van der Waals surface area contributed by atoms with E-state index in [-0.39, 0.29) is 0 Å². The second kappa shape index (κ2) is 5.44. The van der Waals surface area contributed by atoms with Gasteiger partial charge in [0.15, 0.2) is 0 Å². The van der Waals surface area contributed by atoms with Crippen molar-refractivity contribution in [3.63, 3.8) is 0 Å². The third kappa shape index (κ3) is 2.03. The van der Waals surface area contributed by atoms with Crippen LogP contribution in [0.5, 0.6) is 0 Å². The van der Waals surface area contributed by atoms with E-state index in [0.29, 0.717) is 0 Å². The molecule has 4 aromatic rings. The van der Waals surface area contributed by atoms with Crippen LogP contribution in [0.3, 0.4) is 0 Å². The molecule has 0 spiro atoms. The number of hydrogen-bond acceptors (Lipinski definition) is 1. The van der Waals surface area contributed by atoms with Crippen molar-refractivity contribution in [2.24, 2.45) is 0 Å². The highest BCUT2D eigenvalue weighted by atomic mass is 79.9. The van der Waals surface area contributed by atoms with Crippen LogP contribution in [0.15, 0.2) is 71.2 Å². The minimum Gasteiger partial charge on any atom is -0.309 e. The van der Waals surface area contributed by atoms with E-state index >= 15 is 0 Å². The number of fused-ring (bicyclic) bond motifs is 7. The van der Waals surface area contributed by atoms with E-state index in [1.54, 1.807) is 0 Å². The first-order valence-electron chi connectivity index (χ1n) is 8.25. The summed E-state index contributed by atoms with van der Waals surface area (Å²) in [4.78, 5) is 0. The predicted octanol–water partition coefficient (Wildman–Crippen LogP) is 6.03. The van der Waals surface area contributed by atoms with Crippen LogP contribution in [-0.4, -0.2) is 0 Å². The number of halogens is 1. The van der Waals surface area contributed by atoms with Gasteiger partial charge in [0.2, 0.25) is 0 Å². The largest absolute Gasteiger partial charge is 0.309 e. The Kier molecular flexibility index (Phi) is 3.22. The lowest BCUT2D eigenvalue weighted by Gasteiger charge is -2.17. The van der Waals surface area contributed by atoms with Crippen molar-refractivity contribution in [1.29, 1.82) is 0 Å². The van der Waals surface area contributed by atoms with E-state index in [9.17, 15) is 0 Å². The van der Waals surface area contributed by atoms with Gasteiger partial charge in [0.05, 0.1) is 0 Å². The average molecular weight is 374 g/mol. The van der Waals surface area contributed by atoms with Gasteiger partial charge in [-0.1, -0.05) is 76.6 Å². The molecule has 2 heteroatoms. The Balaban J connectivity index is 2.03. The van der Waals surface area contributed by atoms with Crippen molar-refractivity contribution >= 4 is 37.5 Å². The SMILES string of the molecule is Brc1cc2ccccc2c2c1CNCc1ccc3ccccc3c1-2. The minimum absolute atomic E-state index is 0.879. The quantitative estimate of drug-likeness (QED) is 0.397. The first-order valence-corrected chi connectivity index (χ1v) is 9.04. The van der Waals surface area contributed by atoms with Crippen LogP contribution in [0.1, 0.15) is 11.1 Å². The summed E-state index contributed by atoms with van der Waals surface area (Å²) in [7, 11) is 0. The zero-order chi connectivity index (χ0) is 16.1. The van der Waals surface area contributed by atoms with Crippen LogP contribution in [0.4, 0.5) is 0 Å². The highest BCUT2D eigenvalue weighted by Gasteiger charge is 2.21. The van der Waals surface area contributed by atoms with Gasteiger partial charge in [0.25, 0.3) is 0 Å². The molecule has 1 heterocycles. The van der Waals surface area contributed by atoms with E-state index < -0.39 is 0 Å². The average Bonchev–Trinajstić information content (AvgIpc) is 2.82. The van der Waals surface area contributed by atoms with Crippen molar-refractivity contribution in [1.82, 2.24) is 5.32 Å². The minimum atomic E-state index is 0.879. The van der Waals surface area contributed by atoms with Crippen LogP contribution in [0.25, 0.3) is 32.7 Å². The maximum Gasteiger partial charge on any atom is 0.0232 e. The van der Waals surface area contributed by atoms with Gasteiger partial charge in [-0.15, -0.1) is 0 Å². The molecule has 0 saturated carbocycles. The third-order valence-corrected chi connectivity index (χ3v) is 5.69. The summed E-state index contributed by atoms with van der Waals surface area (Å²) in [5, 5.41) is 8.85. The summed E-state index contributed by atoms with van der Waals surface area (Å²) < 4.78 is 1.18. The molecule has 1 nitrogen and oxygen atoms in total. The zero-order valence-electron chi connectivity index (χ0n) is 13.1. The van der Waals surface area contributed by atoms with E-state index in [0.717, 1.165) is 13.1 Å². The Morgan fingerprint density at radius 3 is 2.25 bits per heavy atom. The van der Waals surface area contributed by atoms with Crippen molar-refractivity contribution < 1.29 is 0 Å². The lowest BCUT2D eigenvalue weighted by Crippen LogP contribution is -2.10. The topological polar surface area (TPSA) is 12.0 Å². The van der Waals surface area contributed by atoms with E-state index in [2.05, 4.69) is 88.0 Å². The summed E-state index contributed by atoms with van der Waals surface area (Å²) in [6, 6.07) is 24.2. The number of nitrogens with one attached hydrogen (secondary N) is 1. The molecule has 0 aromatic heterocycles. The maximum absolute atomic E-state index is 3.81. The first kappa shape index (κ1) is 14.2. The molecule has 4 aromatic carbocycles. The molecule has 0 atom stereocenters. The molecule has 1 aliphatic heterocycles. The summed E-state index contributed by atoms with van der Waals surface area (Å²) in [5.41, 5.74) is 5.47. The molecule has 0 aliphatic carbocycles. The van der Waals surface area contributed by atoms with Crippen molar-refractivity contribution in [3.8, 4) is 11.1 Å². The molecular weight excluding hydrogens is 358 g/mol. The maximum atomic E-state index is 3.81. The van der Waals surface area contributed by atoms with Crippen LogP contribution in [0.2, 0.25) is 0 Å². The Labute approximate surface area is 149 Å². The van der Waals surface area contributed by atoms with E-state index in [4.69, 9.17) is 0 Å². The molecule has 0 fully saturated rings. The van der Waals surface area contributed by atoms with Crippen molar-refractivity contribution in [2.45, 2.75) is 13.1 Å². The van der Waals surface area contributed by atoms with Gasteiger partial charge < -0.3 is 5.32 Å². The van der Waals surface area contributed by atoms with E-state index in [1.807, 2.05) is 0 Å². The molecular formula is C22H16BrN. The highest BCUT2D eigenvalue weighted by Crippen LogP contribution is 2.43. The van der Waals surface area contributed by atoms with Gasteiger partial charge in [0, 0.05) is 17.6 Å². The molecule has 0 bridgehead atoms. The molecule has 0 saturated heterocycles. The zero-order valence-corrected chi connectivity index (χ0v) is 14.7. The molecule has 0 amide bonds. The Bertz CT molecular complexity index is 1100. The standard InChI is InChI=1S/C22H16BrN/c23-20-11-15-6-2-4-8-18(15)22-19(20)13-24-12-16-10-9-14-5-1-3-7-17(14)21(16)22/h1-11,24H,12-13H2. The van der Waals surface area contributed by atoms with Crippen LogP contribution in [0, 0.1) is 0 Å². The Morgan fingerprint density at radius 1 is 0.708 bits per heavy atom. The molecule has 0 unspecified atom stereocenters. The molecule has 5 rings (SSSR count). The lowest BCUT2D eigenvalue weighted by molar-refractivity contribution is 0.702. The molecule has 1 aliphatic rings. The van der Waals surface area contributed by atoms with Crippen LogP contribution in [-0.2, 0) is 13.1 Å². The van der Waals surface area contributed by atoms with Gasteiger partial charge in [0.1, 0.15) is 0 Å². The lowest BCUT2D eigenvalue weighted by atomic mass is 9.88. The van der Waals surface area contributed by atoms with Crippen molar-refractivity contribution in [2.75, 3.05) is 0 Å². The number of benzene rings is 4. The fraction of sp³-hybridized carbons (Fsp3) is 0.0909.